The Hall–Kier alpha value is -1.63. The molecule has 1 fully saturated rings. The predicted molar refractivity (Wildman–Crippen MR) is 126 cm³/mol. The smallest absolute Gasteiger partial charge is 0.410 e. The van der Waals surface area contributed by atoms with Gasteiger partial charge in [0.1, 0.15) is 18.0 Å². The van der Waals surface area contributed by atoms with E-state index in [0.29, 0.717) is 38.8 Å². The number of rotatable bonds is 8. The Morgan fingerprint density at radius 1 is 1.30 bits per heavy atom. The zero-order valence-electron chi connectivity index (χ0n) is 18.9. The number of ether oxygens (including phenoxy) is 2. The summed E-state index contributed by atoms with van der Waals surface area (Å²) >= 11 is 0. The van der Waals surface area contributed by atoms with Gasteiger partial charge in [0.05, 0.1) is 6.04 Å². The van der Waals surface area contributed by atoms with Crippen molar-refractivity contribution in [3.63, 3.8) is 0 Å². The number of nitrogens with zero attached hydrogens (tertiary/aromatic N) is 5. The van der Waals surface area contributed by atoms with Crippen LogP contribution in [0.3, 0.4) is 0 Å². The quantitative estimate of drug-likeness (QED) is 0.226. The molecule has 172 valence electrons. The van der Waals surface area contributed by atoms with Crippen LogP contribution in [0.1, 0.15) is 45.8 Å². The van der Waals surface area contributed by atoms with Gasteiger partial charge in [0.2, 0.25) is 0 Å². The van der Waals surface area contributed by atoms with Gasteiger partial charge in [-0.15, -0.1) is 34.2 Å². The molecule has 0 aliphatic carbocycles. The molecule has 0 radical (unpaired) electrons. The molecule has 11 heteroatoms. The van der Waals surface area contributed by atoms with Gasteiger partial charge in [-0.05, 0) is 41.0 Å². The van der Waals surface area contributed by atoms with Crippen molar-refractivity contribution < 1.29 is 14.3 Å². The van der Waals surface area contributed by atoms with Gasteiger partial charge in [0.15, 0.2) is 11.8 Å². The maximum atomic E-state index is 12.1. The number of carbonyl (C=O) groups excluding carboxylic acids is 1. The fraction of sp³-hybridized carbons (Fsp3) is 0.789. The van der Waals surface area contributed by atoms with E-state index in [2.05, 4.69) is 25.8 Å². The number of hydrogen-bond donors (Lipinski definition) is 2. The fourth-order valence-corrected chi connectivity index (χ4v) is 2.66. The minimum atomic E-state index is -0.488. The van der Waals surface area contributed by atoms with Crippen LogP contribution in [0.25, 0.3) is 0 Å². The van der Waals surface area contributed by atoms with Crippen molar-refractivity contribution in [2.75, 3.05) is 32.8 Å². The van der Waals surface area contributed by atoms with Gasteiger partial charge in [-0.2, -0.15) is 0 Å². The molecule has 2 rings (SSSR count). The van der Waals surface area contributed by atoms with Crippen LogP contribution in [0.2, 0.25) is 0 Å². The third kappa shape index (κ3) is 8.62. The molecule has 2 N–H and O–H groups in total. The van der Waals surface area contributed by atoms with Gasteiger partial charge in [-0.3, -0.25) is 0 Å². The number of likely N-dealkylation sites (tertiary alicyclic amines) is 1. The van der Waals surface area contributed by atoms with E-state index in [1.807, 2.05) is 46.2 Å². The van der Waals surface area contributed by atoms with Gasteiger partial charge in [-0.25, -0.2) is 9.79 Å². The van der Waals surface area contributed by atoms with Crippen LogP contribution in [-0.4, -0.2) is 76.2 Å². The van der Waals surface area contributed by atoms with Crippen LogP contribution in [0.15, 0.2) is 4.99 Å². The largest absolute Gasteiger partial charge is 0.444 e. The molecule has 1 aliphatic rings. The Labute approximate surface area is 196 Å². The van der Waals surface area contributed by atoms with Crippen LogP contribution >= 0.6 is 24.0 Å². The molecule has 0 aromatic carbocycles. The van der Waals surface area contributed by atoms with Crippen LogP contribution in [0.5, 0.6) is 0 Å². The molecular formula is C19H36IN7O3. The Balaban J connectivity index is 0.00000450. The summed E-state index contributed by atoms with van der Waals surface area (Å²) < 4.78 is 12.7. The number of amides is 1. The van der Waals surface area contributed by atoms with Crippen LogP contribution in [0, 0.1) is 6.92 Å². The minimum absolute atomic E-state index is 0. The third-order valence-electron chi connectivity index (χ3n) is 4.40. The molecule has 0 atom stereocenters. The maximum Gasteiger partial charge on any atom is 0.410 e. The summed E-state index contributed by atoms with van der Waals surface area (Å²) in [6.45, 7) is 13.2. The summed E-state index contributed by atoms with van der Waals surface area (Å²) in [6, 6.07) is 0.127. The zero-order chi connectivity index (χ0) is 21.4. The Morgan fingerprint density at radius 3 is 2.57 bits per heavy atom. The SMILES string of the molecule is CCOCCCNC(=NCc1nnc(C)n1C)NC1CN(C(=O)OC(C)(C)C)C1.I. The Bertz CT molecular complexity index is 697. The average molecular weight is 537 g/mol. The van der Waals surface area contributed by atoms with E-state index < -0.39 is 5.60 Å². The highest BCUT2D eigenvalue weighted by Gasteiger charge is 2.34. The zero-order valence-corrected chi connectivity index (χ0v) is 21.2. The molecular weight excluding hydrogens is 501 g/mol. The van der Waals surface area contributed by atoms with Crippen molar-refractivity contribution in [1.82, 2.24) is 30.3 Å². The lowest BCUT2D eigenvalue weighted by Gasteiger charge is -2.40. The first-order chi connectivity index (χ1) is 13.7. The molecule has 0 unspecified atom stereocenters. The maximum absolute atomic E-state index is 12.1. The van der Waals surface area contributed by atoms with E-state index in [1.165, 1.54) is 0 Å². The van der Waals surface area contributed by atoms with Crippen molar-refractivity contribution >= 4 is 36.0 Å². The van der Waals surface area contributed by atoms with Crippen molar-refractivity contribution in [1.29, 1.82) is 0 Å². The summed E-state index contributed by atoms with van der Waals surface area (Å²) in [5.74, 6) is 2.33. The summed E-state index contributed by atoms with van der Waals surface area (Å²) in [5.41, 5.74) is -0.488. The standard InChI is InChI=1S/C19H35N7O3.HI/c1-7-28-10-8-9-20-17(21-11-16-24-23-14(2)25(16)6)22-15-12-26(13-15)18(27)29-19(3,4)5;/h15H,7-13H2,1-6H3,(H2,20,21,22);1H. The number of nitrogens with one attached hydrogen (secondary N) is 2. The highest BCUT2D eigenvalue weighted by Crippen LogP contribution is 2.15. The summed E-state index contributed by atoms with van der Waals surface area (Å²) in [4.78, 5) is 18.4. The third-order valence-corrected chi connectivity index (χ3v) is 4.40. The number of aliphatic imine (C=N–C) groups is 1. The summed E-state index contributed by atoms with van der Waals surface area (Å²) in [7, 11) is 1.92. The van der Waals surface area contributed by atoms with E-state index in [-0.39, 0.29) is 36.1 Å². The Morgan fingerprint density at radius 2 is 2.00 bits per heavy atom. The monoisotopic (exact) mass is 537 g/mol. The van der Waals surface area contributed by atoms with Gasteiger partial charge in [0.25, 0.3) is 0 Å². The molecule has 30 heavy (non-hydrogen) atoms. The van der Waals surface area contributed by atoms with Gasteiger partial charge in [-0.1, -0.05) is 0 Å². The van der Waals surface area contributed by atoms with E-state index in [4.69, 9.17) is 9.47 Å². The summed E-state index contributed by atoms with van der Waals surface area (Å²) in [6.07, 6.45) is 0.597. The number of guanidine groups is 1. The molecule has 0 saturated carbocycles. The van der Waals surface area contributed by atoms with E-state index in [1.54, 1.807) is 4.90 Å². The van der Waals surface area contributed by atoms with Crippen molar-refractivity contribution in [2.45, 2.75) is 59.2 Å². The minimum Gasteiger partial charge on any atom is -0.444 e. The Kier molecular flexibility index (Phi) is 10.8. The normalized spacial score (nSPS) is 14.7. The molecule has 10 nitrogen and oxygen atoms in total. The second kappa shape index (κ2) is 12.3. The topological polar surface area (TPSA) is 106 Å². The van der Waals surface area contributed by atoms with E-state index >= 15 is 0 Å². The highest BCUT2D eigenvalue weighted by molar-refractivity contribution is 14.0. The summed E-state index contributed by atoms with van der Waals surface area (Å²) in [5, 5.41) is 14.9. The van der Waals surface area contributed by atoms with E-state index in [0.717, 1.165) is 24.6 Å². The molecule has 1 amide bonds. The van der Waals surface area contributed by atoms with Crippen molar-refractivity contribution in [2.24, 2.45) is 12.0 Å². The van der Waals surface area contributed by atoms with Gasteiger partial charge in [0, 0.05) is 39.9 Å². The second-order valence-electron chi connectivity index (χ2n) is 8.09. The average Bonchev–Trinajstić information content (AvgIpc) is 2.91. The van der Waals surface area contributed by atoms with Crippen LogP contribution in [0.4, 0.5) is 4.79 Å². The lowest BCUT2D eigenvalue weighted by Crippen LogP contribution is -2.63. The van der Waals surface area contributed by atoms with Crippen LogP contribution in [-0.2, 0) is 23.1 Å². The second-order valence-corrected chi connectivity index (χ2v) is 8.09. The van der Waals surface area contributed by atoms with Crippen molar-refractivity contribution in [3.8, 4) is 0 Å². The first-order valence-electron chi connectivity index (χ1n) is 10.1. The number of aryl methyl sites for hydroxylation is 1. The van der Waals surface area contributed by atoms with Gasteiger partial charge < -0.3 is 29.6 Å². The number of aromatic nitrogens is 3. The lowest BCUT2D eigenvalue weighted by molar-refractivity contribution is 0.00700. The first kappa shape index (κ1) is 26.4. The molecule has 0 bridgehead atoms. The molecule has 1 aromatic rings. The number of hydrogen-bond acceptors (Lipinski definition) is 6. The molecule has 1 aliphatic heterocycles. The van der Waals surface area contributed by atoms with E-state index in [9.17, 15) is 4.79 Å². The number of halogens is 1. The highest BCUT2D eigenvalue weighted by atomic mass is 127. The molecule has 2 heterocycles. The van der Waals surface area contributed by atoms with Gasteiger partial charge >= 0.3 is 6.09 Å². The first-order valence-corrected chi connectivity index (χ1v) is 10.1. The molecule has 0 spiro atoms. The molecule has 1 aromatic heterocycles. The fourth-order valence-electron chi connectivity index (χ4n) is 2.66. The lowest BCUT2D eigenvalue weighted by atomic mass is 10.1. The number of carbonyl (C=O) groups is 1. The van der Waals surface area contributed by atoms with Crippen molar-refractivity contribution in [3.05, 3.63) is 11.6 Å². The van der Waals surface area contributed by atoms with Crippen LogP contribution < -0.4 is 10.6 Å². The molecule has 1 saturated heterocycles. The predicted octanol–water partition coefficient (Wildman–Crippen LogP) is 1.82.